The first-order valence-electron chi connectivity index (χ1n) is 14.3. The van der Waals surface area contributed by atoms with Gasteiger partial charge in [0.2, 0.25) is 0 Å². The summed E-state index contributed by atoms with van der Waals surface area (Å²) in [6.45, 7) is 17.2. The van der Waals surface area contributed by atoms with Crippen LogP contribution in [-0.4, -0.2) is 24.3 Å². The fraction of sp³-hybridized carbons (Fsp3) is 0.903. The standard InChI is InChI=1S/C31H50O3/c1-19-11-16-31(26(33)34-8)18-17-29(6)21(25(31)20(19)2)9-10-23-28(5)14-13-24(32)27(3,4)22(28)12-15-30(23,29)7/h9,19-20,22-25,32H,10-18H2,1-8H3/t19-,20+,22+,23-,24+,25+,28+,29-,30-,31+/m1/s1. The maximum absolute atomic E-state index is 13.4. The molecule has 5 rings (SSSR count). The Balaban J connectivity index is 1.61. The number of ether oxygens (including phenoxy) is 1. The molecule has 0 aromatic carbocycles. The lowest BCUT2D eigenvalue weighted by atomic mass is 9.33. The van der Waals surface area contributed by atoms with Gasteiger partial charge in [-0.3, -0.25) is 4.79 Å². The highest BCUT2D eigenvalue weighted by Crippen LogP contribution is 2.75. The van der Waals surface area contributed by atoms with E-state index in [1.165, 1.54) is 12.8 Å². The van der Waals surface area contributed by atoms with Crippen molar-refractivity contribution in [3.8, 4) is 0 Å². The molecule has 0 aliphatic heterocycles. The monoisotopic (exact) mass is 470 g/mol. The number of carbonyl (C=O) groups excluding carboxylic acids is 1. The second-order valence-corrected chi connectivity index (χ2v) is 14.7. The lowest BCUT2D eigenvalue weighted by Gasteiger charge is -2.71. The Kier molecular flexibility index (Phi) is 5.55. The molecule has 3 heteroatoms. The van der Waals surface area contributed by atoms with Gasteiger partial charge in [-0.2, -0.15) is 0 Å². The molecule has 0 heterocycles. The highest BCUT2D eigenvalue weighted by Gasteiger charge is 2.69. The van der Waals surface area contributed by atoms with Crippen LogP contribution >= 0.6 is 0 Å². The fourth-order valence-corrected chi connectivity index (χ4v) is 11.0. The van der Waals surface area contributed by atoms with Crippen molar-refractivity contribution in [1.29, 1.82) is 0 Å². The minimum Gasteiger partial charge on any atom is -0.469 e. The molecule has 10 atom stereocenters. The van der Waals surface area contributed by atoms with Crippen molar-refractivity contribution in [2.45, 2.75) is 112 Å². The van der Waals surface area contributed by atoms with Gasteiger partial charge in [-0.15, -0.1) is 0 Å². The van der Waals surface area contributed by atoms with E-state index >= 15 is 0 Å². The lowest BCUT2D eigenvalue weighted by Crippen LogP contribution is -2.65. The minimum absolute atomic E-state index is 0.0147. The highest BCUT2D eigenvalue weighted by molar-refractivity contribution is 5.78. The van der Waals surface area contributed by atoms with Crippen LogP contribution in [0.1, 0.15) is 106 Å². The van der Waals surface area contributed by atoms with Crippen LogP contribution < -0.4 is 0 Å². The summed E-state index contributed by atoms with van der Waals surface area (Å²) in [5.41, 5.74) is 1.91. The van der Waals surface area contributed by atoms with Crippen molar-refractivity contribution in [1.82, 2.24) is 0 Å². The number of hydrogen-bond acceptors (Lipinski definition) is 3. The summed E-state index contributed by atoms with van der Waals surface area (Å²) in [6.07, 6.45) is 12.3. The van der Waals surface area contributed by atoms with Crippen molar-refractivity contribution in [3.05, 3.63) is 11.6 Å². The number of aliphatic hydroxyl groups excluding tert-OH is 1. The van der Waals surface area contributed by atoms with Gasteiger partial charge in [0.1, 0.15) is 0 Å². The van der Waals surface area contributed by atoms with E-state index in [-0.39, 0.29) is 39.1 Å². The second kappa shape index (κ2) is 7.59. The number of fused-ring (bicyclic) bond motifs is 7. The summed E-state index contributed by atoms with van der Waals surface area (Å²) in [4.78, 5) is 13.4. The number of hydrogen-bond donors (Lipinski definition) is 1. The summed E-state index contributed by atoms with van der Waals surface area (Å²) in [5.74, 6) is 2.73. The van der Waals surface area contributed by atoms with Gasteiger partial charge in [-0.25, -0.2) is 0 Å². The summed E-state index contributed by atoms with van der Waals surface area (Å²) >= 11 is 0. The van der Waals surface area contributed by atoms with Crippen LogP contribution in [0.3, 0.4) is 0 Å². The van der Waals surface area contributed by atoms with Gasteiger partial charge in [0.05, 0.1) is 18.6 Å². The van der Waals surface area contributed by atoms with E-state index in [2.05, 4.69) is 54.5 Å². The van der Waals surface area contributed by atoms with Crippen molar-refractivity contribution in [2.75, 3.05) is 7.11 Å². The van der Waals surface area contributed by atoms with Gasteiger partial charge >= 0.3 is 5.97 Å². The van der Waals surface area contributed by atoms with Crippen LogP contribution in [0, 0.1) is 56.7 Å². The average molecular weight is 471 g/mol. The van der Waals surface area contributed by atoms with Crippen LogP contribution in [0.15, 0.2) is 11.6 Å². The van der Waals surface area contributed by atoms with Gasteiger partial charge in [-0.1, -0.05) is 60.1 Å². The molecule has 5 aliphatic rings. The Bertz CT molecular complexity index is 889. The van der Waals surface area contributed by atoms with Gasteiger partial charge in [0.25, 0.3) is 0 Å². The van der Waals surface area contributed by atoms with Crippen molar-refractivity contribution >= 4 is 5.97 Å². The third-order valence-corrected chi connectivity index (χ3v) is 13.6. The van der Waals surface area contributed by atoms with Gasteiger partial charge in [-0.05, 0) is 109 Å². The molecular formula is C31H50O3. The Morgan fingerprint density at radius 1 is 0.941 bits per heavy atom. The lowest BCUT2D eigenvalue weighted by molar-refractivity contribution is -0.207. The largest absolute Gasteiger partial charge is 0.469 e. The molecule has 0 radical (unpaired) electrons. The predicted octanol–water partition coefficient (Wildman–Crippen LogP) is 7.18. The molecule has 0 amide bonds. The number of allylic oxidation sites excluding steroid dienone is 2. The Hall–Kier alpha value is -0.830. The molecule has 0 unspecified atom stereocenters. The number of rotatable bonds is 1. The molecule has 3 nitrogen and oxygen atoms in total. The zero-order chi connectivity index (χ0) is 24.9. The van der Waals surface area contributed by atoms with Gasteiger partial charge in [0.15, 0.2) is 0 Å². The van der Waals surface area contributed by atoms with Crippen LogP contribution in [-0.2, 0) is 9.53 Å². The molecule has 4 saturated carbocycles. The van der Waals surface area contributed by atoms with E-state index in [9.17, 15) is 9.90 Å². The Morgan fingerprint density at radius 3 is 2.32 bits per heavy atom. The van der Waals surface area contributed by atoms with Crippen LogP contribution in [0.4, 0.5) is 0 Å². The molecule has 0 spiro atoms. The van der Waals surface area contributed by atoms with Gasteiger partial charge in [0, 0.05) is 0 Å². The molecule has 4 fully saturated rings. The van der Waals surface area contributed by atoms with Crippen LogP contribution in [0.5, 0.6) is 0 Å². The summed E-state index contributed by atoms with van der Waals surface area (Å²) < 4.78 is 5.51. The zero-order valence-corrected chi connectivity index (χ0v) is 23.2. The SMILES string of the molecule is COC(=O)[C@]12CC[C@@H](C)[C@H](C)[C@H]1C1=CC[C@@H]3[C@@]4(C)CC[C@H](O)C(C)(C)[C@@H]4CC[C@@]3(C)[C@]1(C)CC2. The van der Waals surface area contributed by atoms with Crippen LogP contribution in [0.25, 0.3) is 0 Å². The molecule has 1 N–H and O–H groups in total. The first-order chi connectivity index (χ1) is 15.8. The molecule has 0 aromatic heterocycles. The van der Waals surface area contributed by atoms with E-state index in [1.807, 2.05) is 0 Å². The normalized spacial score (nSPS) is 54.0. The van der Waals surface area contributed by atoms with Crippen molar-refractivity contribution in [2.24, 2.45) is 56.7 Å². The van der Waals surface area contributed by atoms with Crippen molar-refractivity contribution < 1.29 is 14.6 Å². The third kappa shape index (κ3) is 2.83. The number of aliphatic hydroxyl groups is 1. The van der Waals surface area contributed by atoms with E-state index in [1.54, 1.807) is 12.7 Å². The van der Waals surface area contributed by atoms with E-state index in [4.69, 9.17) is 4.74 Å². The first kappa shape index (κ1) is 24.8. The molecule has 0 bridgehead atoms. The first-order valence-corrected chi connectivity index (χ1v) is 14.3. The summed E-state index contributed by atoms with van der Waals surface area (Å²) in [5, 5.41) is 10.9. The third-order valence-electron chi connectivity index (χ3n) is 13.6. The topological polar surface area (TPSA) is 46.5 Å². The second-order valence-electron chi connectivity index (χ2n) is 14.7. The molecule has 0 saturated heterocycles. The van der Waals surface area contributed by atoms with Crippen molar-refractivity contribution in [3.63, 3.8) is 0 Å². The van der Waals surface area contributed by atoms with E-state index in [0.29, 0.717) is 29.6 Å². The summed E-state index contributed by atoms with van der Waals surface area (Å²) in [6, 6.07) is 0. The smallest absolute Gasteiger partial charge is 0.312 e. The quantitative estimate of drug-likeness (QED) is 0.326. The van der Waals surface area contributed by atoms with E-state index < -0.39 is 0 Å². The number of esters is 1. The van der Waals surface area contributed by atoms with Gasteiger partial charge < -0.3 is 9.84 Å². The molecule has 34 heavy (non-hydrogen) atoms. The minimum atomic E-state index is -0.326. The van der Waals surface area contributed by atoms with Crippen LogP contribution in [0.2, 0.25) is 0 Å². The summed E-state index contributed by atoms with van der Waals surface area (Å²) in [7, 11) is 1.60. The Morgan fingerprint density at radius 2 is 1.65 bits per heavy atom. The molecular weight excluding hydrogens is 420 g/mol. The maximum atomic E-state index is 13.4. The fourth-order valence-electron chi connectivity index (χ4n) is 11.0. The maximum Gasteiger partial charge on any atom is 0.312 e. The molecule has 0 aromatic rings. The predicted molar refractivity (Wildman–Crippen MR) is 137 cm³/mol. The highest BCUT2D eigenvalue weighted by atomic mass is 16.5. The Labute approximate surface area is 208 Å². The molecule has 5 aliphatic carbocycles. The number of carbonyl (C=O) groups is 1. The zero-order valence-electron chi connectivity index (χ0n) is 23.2. The van der Waals surface area contributed by atoms with E-state index in [0.717, 1.165) is 44.9 Å². The number of methoxy groups -OCH3 is 1. The average Bonchev–Trinajstić information content (AvgIpc) is 2.79. The molecule has 192 valence electrons.